The predicted octanol–water partition coefficient (Wildman–Crippen LogP) is 1.82. The van der Waals surface area contributed by atoms with Crippen LogP contribution in [-0.4, -0.2) is 16.0 Å². The Morgan fingerprint density at radius 2 is 2.50 bits per heavy atom. The molecule has 84 valence electrons. The number of rotatable bonds is 4. The van der Waals surface area contributed by atoms with Crippen molar-refractivity contribution < 1.29 is 9.32 Å². The van der Waals surface area contributed by atoms with E-state index < -0.39 is 0 Å². The molecule has 2 heterocycles. The molecular weight excluding hydrogens is 226 g/mol. The van der Waals surface area contributed by atoms with Gasteiger partial charge >= 0.3 is 0 Å². The summed E-state index contributed by atoms with van der Waals surface area (Å²) in [5, 5.41) is 8.46. The minimum Gasteiger partial charge on any atom is -0.347 e. The Bertz CT molecular complexity index is 464. The van der Waals surface area contributed by atoms with E-state index in [-0.39, 0.29) is 12.5 Å². The molecule has 0 saturated heterocycles. The van der Waals surface area contributed by atoms with Gasteiger partial charge in [0.05, 0.1) is 11.4 Å². The first-order valence-corrected chi connectivity index (χ1v) is 5.80. The van der Waals surface area contributed by atoms with E-state index >= 15 is 0 Å². The third-order valence-electron chi connectivity index (χ3n) is 1.97. The van der Waals surface area contributed by atoms with E-state index in [0.29, 0.717) is 18.1 Å². The summed E-state index contributed by atoms with van der Waals surface area (Å²) in [6.45, 7) is 2.07. The van der Waals surface area contributed by atoms with Crippen molar-refractivity contribution in [2.45, 2.75) is 19.9 Å². The highest BCUT2D eigenvalue weighted by atomic mass is 32.1. The van der Waals surface area contributed by atoms with Crippen LogP contribution in [0.1, 0.15) is 19.2 Å². The molecular formula is C10H11N3O2S. The summed E-state index contributed by atoms with van der Waals surface area (Å²) in [5.41, 5.74) is 0. The Morgan fingerprint density at radius 1 is 1.62 bits per heavy atom. The molecule has 2 aromatic rings. The number of nitrogens with one attached hydrogen (secondary N) is 1. The van der Waals surface area contributed by atoms with Crippen LogP contribution in [0.4, 0.5) is 0 Å². The summed E-state index contributed by atoms with van der Waals surface area (Å²) in [6, 6.07) is 3.85. The first kappa shape index (κ1) is 10.8. The molecule has 0 atom stereocenters. The van der Waals surface area contributed by atoms with E-state index in [0.717, 1.165) is 4.88 Å². The number of carbonyl (C=O) groups is 1. The van der Waals surface area contributed by atoms with Crippen LogP contribution < -0.4 is 5.32 Å². The summed E-state index contributed by atoms with van der Waals surface area (Å²) in [4.78, 5) is 16.2. The van der Waals surface area contributed by atoms with Crippen molar-refractivity contribution >= 4 is 17.2 Å². The highest BCUT2D eigenvalue weighted by molar-refractivity contribution is 7.13. The lowest BCUT2D eigenvalue weighted by molar-refractivity contribution is -0.121. The fourth-order valence-corrected chi connectivity index (χ4v) is 1.78. The zero-order chi connectivity index (χ0) is 11.4. The molecule has 1 N–H and O–H groups in total. The minimum atomic E-state index is -0.0316. The number of hydrogen-bond acceptors (Lipinski definition) is 5. The summed E-state index contributed by atoms with van der Waals surface area (Å²) in [5.74, 6) is 0.955. The predicted molar refractivity (Wildman–Crippen MR) is 59.7 cm³/mol. The van der Waals surface area contributed by atoms with Gasteiger partial charge in [0.2, 0.25) is 17.6 Å². The summed E-state index contributed by atoms with van der Waals surface area (Å²) < 4.78 is 5.01. The average molecular weight is 237 g/mol. The molecule has 2 rings (SSSR count). The molecule has 0 saturated carbocycles. The van der Waals surface area contributed by atoms with Crippen LogP contribution in [0.3, 0.4) is 0 Å². The number of carbonyl (C=O) groups excluding carboxylic acids is 1. The molecule has 0 aromatic carbocycles. The minimum absolute atomic E-state index is 0.0316. The zero-order valence-corrected chi connectivity index (χ0v) is 9.58. The van der Waals surface area contributed by atoms with Crippen LogP contribution in [0.5, 0.6) is 0 Å². The van der Waals surface area contributed by atoms with Crippen molar-refractivity contribution in [3.8, 4) is 10.7 Å². The Hall–Kier alpha value is -1.69. The molecule has 0 radical (unpaired) electrons. The van der Waals surface area contributed by atoms with Crippen LogP contribution in [0.25, 0.3) is 10.7 Å². The highest BCUT2D eigenvalue weighted by Crippen LogP contribution is 2.20. The average Bonchev–Trinajstić information content (AvgIpc) is 2.95. The van der Waals surface area contributed by atoms with Gasteiger partial charge in [-0.2, -0.15) is 4.98 Å². The molecule has 0 fully saturated rings. The lowest BCUT2D eigenvalue weighted by Crippen LogP contribution is -2.21. The van der Waals surface area contributed by atoms with Gasteiger partial charge in [0.1, 0.15) is 0 Å². The molecule has 0 aliphatic rings. The molecule has 0 spiro atoms. The lowest BCUT2D eigenvalue weighted by atomic mass is 10.4. The molecule has 6 heteroatoms. The van der Waals surface area contributed by atoms with Gasteiger partial charge < -0.3 is 9.84 Å². The van der Waals surface area contributed by atoms with Crippen molar-refractivity contribution in [2.24, 2.45) is 0 Å². The summed E-state index contributed by atoms with van der Waals surface area (Å²) >= 11 is 1.55. The second-order valence-corrected chi connectivity index (χ2v) is 4.07. The van der Waals surface area contributed by atoms with Gasteiger partial charge in [-0.05, 0) is 11.4 Å². The molecule has 0 unspecified atom stereocenters. The standard InChI is InChI=1S/C10H11N3O2S/c1-2-8(14)11-6-9-12-10(13-15-9)7-4-3-5-16-7/h3-5H,2,6H2,1H3,(H,11,14). The van der Waals surface area contributed by atoms with Crippen molar-refractivity contribution in [2.75, 3.05) is 0 Å². The van der Waals surface area contributed by atoms with Crippen LogP contribution in [-0.2, 0) is 11.3 Å². The van der Waals surface area contributed by atoms with E-state index in [9.17, 15) is 4.79 Å². The van der Waals surface area contributed by atoms with Gasteiger partial charge in [0.15, 0.2) is 0 Å². The topological polar surface area (TPSA) is 68.0 Å². The quantitative estimate of drug-likeness (QED) is 0.880. The second-order valence-electron chi connectivity index (χ2n) is 3.12. The van der Waals surface area contributed by atoms with Gasteiger partial charge in [-0.25, -0.2) is 0 Å². The van der Waals surface area contributed by atoms with Crippen molar-refractivity contribution in [3.63, 3.8) is 0 Å². The SMILES string of the molecule is CCC(=O)NCc1nc(-c2cccs2)no1. The van der Waals surface area contributed by atoms with Crippen LogP contribution in [0, 0.1) is 0 Å². The Balaban J connectivity index is 2.00. The molecule has 0 bridgehead atoms. The number of thiophene rings is 1. The molecule has 0 aliphatic carbocycles. The fourth-order valence-electron chi connectivity index (χ4n) is 1.13. The maximum atomic E-state index is 11.0. The third-order valence-corrected chi connectivity index (χ3v) is 2.83. The van der Waals surface area contributed by atoms with E-state index in [1.54, 1.807) is 18.3 Å². The van der Waals surface area contributed by atoms with Crippen LogP contribution >= 0.6 is 11.3 Å². The van der Waals surface area contributed by atoms with Crippen molar-refractivity contribution in [3.05, 3.63) is 23.4 Å². The smallest absolute Gasteiger partial charge is 0.246 e. The number of aromatic nitrogens is 2. The van der Waals surface area contributed by atoms with E-state index in [1.807, 2.05) is 17.5 Å². The number of hydrogen-bond donors (Lipinski definition) is 1. The van der Waals surface area contributed by atoms with E-state index in [1.165, 1.54) is 0 Å². The molecule has 5 nitrogen and oxygen atoms in total. The van der Waals surface area contributed by atoms with Gasteiger partial charge in [-0.1, -0.05) is 18.1 Å². The lowest BCUT2D eigenvalue weighted by Gasteiger charge is -1.96. The molecule has 0 aliphatic heterocycles. The highest BCUT2D eigenvalue weighted by Gasteiger charge is 2.09. The maximum absolute atomic E-state index is 11.0. The second kappa shape index (κ2) is 4.89. The van der Waals surface area contributed by atoms with Gasteiger partial charge in [-0.15, -0.1) is 11.3 Å². The number of amides is 1. The Kier molecular flexibility index (Phi) is 3.31. The van der Waals surface area contributed by atoms with E-state index in [4.69, 9.17) is 4.52 Å². The molecule has 2 aromatic heterocycles. The van der Waals surface area contributed by atoms with Crippen LogP contribution in [0.2, 0.25) is 0 Å². The normalized spacial score (nSPS) is 10.3. The number of nitrogens with zero attached hydrogens (tertiary/aromatic N) is 2. The first-order chi connectivity index (χ1) is 7.79. The monoisotopic (exact) mass is 237 g/mol. The van der Waals surface area contributed by atoms with E-state index in [2.05, 4.69) is 15.5 Å². The maximum Gasteiger partial charge on any atom is 0.246 e. The molecule has 1 amide bonds. The van der Waals surface area contributed by atoms with Gasteiger partial charge in [-0.3, -0.25) is 4.79 Å². The van der Waals surface area contributed by atoms with Crippen LogP contribution in [0.15, 0.2) is 22.0 Å². The summed E-state index contributed by atoms with van der Waals surface area (Å²) in [7, 11) is 0. The molecule has 16 heavy (non-hydrogen) atoms. The fraction of sp³-hybridized carbons (Fsp3) is 0.300. The van der Waals surface area contributed by atoms with Crippen molar-refractivity contribution in [1.29, 1.82) is 0 Å². The van der Waals surface area contributed by atoms with Gasteiger partial charge in [0.25, 0.3) is 0 Å². The Labute approximate surface area is 96.5 Å². The Morgan fingerprint density at radius 3 is 3.19 bits per heavy atom. The first-order valence-electron chi connectivity index (χ1n) is 4.92. The zero-order valence-electron chi connectivity index (χ0n) is 8.77. The van der Waals surface area contributed by atoms with Gasteiger partial charge in [0, 0.05) is 6.42 Å². The summed E-state index contributed by atoms with van der Waals surface area (Å²) in [6.07, 6.45) is 0.450. The van der Waals surface area contributed by atoms with Crippen molar-refractivity contribution in [1.82, 2.24) is 15.5 Å². The largest absolute Gasteiger partial charge is 0.347 e. The third kappa shape index (κ3) is 2.46.